The number of nitrogens with zero attached hydrogens (tertiary/aromatic N) is 3. The highest BCUT2D eigenvalue weighted by molar-refractivity contribution is 5.78. The van der Waals surface area contributed by atoms with Crippen LogP contribution >= 0.6 is 0 Å². The SMILES string of the molecule is C[C@@H]1CCCN(C(=O)CNCCn2cccn2)C1. The molecule has 5 heteroatoms. The lowest BCUT2D eigenvalue weighted by Crippen LogP contribution is -2.43. The van der Waals surface area contributed by atoms with Crippen molar-refractivity contribution in [3.63, 3.8) is 0 Å². The van der Waals surface area contributed by atoms with Gasteiger partial charge in [-0.25, -0.2) is 0 Å². The Labute approximate surface area is 108 Å². The zero-order chi connectivity index (χ0) is 12.8. The summed E-state index contributed by atoms with van der Waals surface area (Å²) in [7, 11) is 0. The summed E-state index contributed by atoms with van der Waals surface area (Å²) >= 11 is 0. The van der Waals surface area contributed by atoms with Gasteiger partial charge in [0.05, 0.1) is 13.1 Å². The van der Waals surface area contributed by atoms with E-state index in [1.54, 1.807) is 6.20 Å². The first-order chi connectivity index (χ1) is 8.75. The number of carbonyl (C=O) groups is 1. The highest BCUT2D eigenvalue weighted by Gasteiger charge is 2.20. The van der Waals surface area contributed by atoms with Crippen LogP contribution in [0.5, 0.6) is 0 Å². The standard InChI is InChI=1S/C13H22N4O/c1-12-4-2-7-16(11-12)13(18)10-14-6-9-17-8-3-5-15-17/h3,5,8,12,14H,2,4,6-7,9-11H2,1H3/t12-/m1/s1. The molecule has 100 valence electrons. The molecule has 18 heavy (non-hydrogen) atoms. The molecule has 2 heterocycles. The van der Waals surface area contributed by atoms with Gasteiger partial charge in [0.1, 0.15) is 0 Å². The smallest absolute Gasteiger partial charge is 0.236 e. The molecular weight excluding hydrogens is 228 g/mol. The van der Waals surface area contributed by atoms with Crippen molar-refractivity contribution in [3.8, 4) is 0 Å². The minimum absolute atomic E-state index is 0.224. The van der Waals surface area contributed by atoms with E-state index in [0.717, 1.165) is 32.6 Å². The van der Waals surface area contributed by atoms with Crippen LogP contribution in [0.3, 0.4) is 0 Å². The first-order valence-corrected chi connectivity index (χ1v) is 6.71. The second-order valence-corrected chi connectivity index (χ2v) is 5.03. The molecule has 0 aliphatic carbocycles. The molecule has 1 atom stereocenters. The number of carbonyl (C=O) groups excluding carboxylic acids is 1. The molecule has 1 aromatic heterocycles. The van der Waals surface area contributed by atoms with Crippen molar-refractivity contribution >= 4 is 5.91 Å². The third-order valence-corrected chi connectivity index (χ3v) is 3.36. The monoisotopic (exact) mass is 250 g/mol. The molecule has 1 saturated heterocycles. The highest BCUT2D eigenvalue weighted by Crippen LogP contribution is 2.14. The van der Waals surface area contributed by atoms with Crippen LogP contribution in [-0.4, -0.2) is 46.8 Å². The maximum atomic E-state index is 11.9. The molecule has 1 fully saturated rings. The summed E-state index contributed by atoms with van der Waals surface area (Å²) in [5.74, 6) is 0.869. The molecule has 0 spiro atoms. The number of amides is 1. The van der Waals surface area contributed by atoms with Crippen molar-refractivity contribution in [1.82, 2.24) is 20.0 Å². The number of hydrogen-bond donors (Lipinski definition) is 1. The molecule has 0 radical (unpaired) electrons. The maximum absolute atomic E-state index is 11.9. The molecule has 1 amide bonds. The van der Waals surface area contributed by atoms with E-state index in [1.165, 1.54) is 6.42 Å². The summed E-state index contributed by atoms with van der Waals surface area (Å²) in [5, 5.41) is 7.30. The lowest BCUT2D eigenvalue weighted by molar-refractivity contribution is -0.131. The Morgan fingerprint density at radius 1 is 1.56 bits per heavy atom. The lowest BCUT2D eigenvalue weighted by Gasteiger charge is -2.31. The molecule has 0 unspecified atom stereocenters. The van der Waals surface area contributed by atoms with Gasteiger partial charge >= 0.3 is 0 Å². The fourth-order valence-electron chi connectivity index (χ4n) is 2.35. The number of hydrogen-bond acceptors (Lipinski definition) is 3. The second kappa shape index (κ2) is 6.54. The number of likely N-dealkylation sites (tertiary alicyclic amines) is 1. The van der Waals surface area contributed by atoms with Crippen LogP contribution < -0.4 is 5.32 Å². The van der Waals surface area contributed by atoms with E-state index in [0.29, 0.717) is 12.5 Å². The van der Waals surface area contributed by atoms with Crippen molar-refractivity contribution in [2.75, 3.05) is 26.2 Å². The van der Waals surface area contributed by atoms with Crippen LogP contribution in [0.15, 0.2) is 18.5 Å². The second-order valence-electron chi connectivity index (χ2n) is 5.03. The fraction of sp³-hybridized carbons (Fsp3) is 0.692. The van der Waals surface area contributed by atoms with Crippen LogP contribution in [0.25, 0.3) is 0 Å². The zero-order valence-corrected chi connectivity index (χ0v) is 11.0. The summed E-state index contributed by atoms with van der Waals surface area (Å²) in [6.07, 6.45) is 6.08. The minimum atomic E-state index is 0.224. The average Bonchev–Trinajstić information content (AvgIpc) is 2.87. The van der Waals surface area contributed by atoms with Crippen LogP contribution in [0.2, 0.25) is 0 Å². The predicted octanol–water partition coefficient (Wildman–Crippen LogP) is 0.731. The summed E-state index contributed by atoms with van der Waals surface area (Å²) in [6, 6.07) is 1.90. The Kier molecular flexibility index (Phi) is 4.75. The molecule has 1 aromatic rings. The fourth-order valence-corrected chi connectivity index (χ4v) is 2.35. The molecule has 1 aliphatic heterocycles. The Bertz CT molecular complexity index is 363. The van der Waals surface area contributed by atoms with Gasteiger partial charge < -0.3 is 10.2 Å². The van der Waals surface area contributed by atoms with E-state index >= 15 is 0 Å². The van der Waals surface area contributed by atoms with Gasteiger partial charge in [0.25, 0.3) is 0 Å². The van der Waals surface area contributed by atoms with Crippen molar-refractivity contribution in [2.24, 2.45) is 5.92 Å². The molecule has 0 aromatic carbocycles. The topological polar surface area (TPSA) is 50.2 Å². The largest absolute Gasteiger partial charge is 0.341 e. The molecule has 2 rings (SSSR count). The lowest BCUT2D eigenvalue weighted by atomic mass is 10.0. The Morgan fingerprint density at radius 3 is 3.17 bits per heavy atom. The number of aromatic nitrogens is 2. The van der Waals surface area contributed by atoms with Gasteiger partial charge in [0.15, 0.2) is 0 Å². The molecular formula is C13H22N4O. The van der Waals surface area contributed by atoms with Crippen molar-refractivity contribution in [3.05, 3.63) is 18.5 Å². The van der Waals surface area contributed by atoms with Gasteiger partial charge in [-0.3, -0.25) is 9.48 Å². The van der Waals surface area contributed by atoms with Crippen molar-refractivity contribution in [2.45, 2.75) is 26.3 Å². The van der Waals surface area contributed by atoms with Gasteiger partial charge in [0.2, 0.25) is 5.91 Å². The van der Waals surface area contributed by atoms with Crippen LogP contribution in [-0.2, 0) is 11.3 Å². The molecule has 0 saturated carbocycles. The van der Waals surface area contributed by atoms with Crippen LogP contribution in [0.1, 0.15) is 19.8 Å². The van der Waals surface area contributed by atoms with Gasteiger partial charge in [-0.05, 0) is 24.8 Å². The summed E-state index contributed by atoms with van der Waals surface area (Å²) in [4.78, 5) is 13.9. The predicted molar refractivity (Wildman–Crippen MR) is 70.1 cm³/mol. The zero-order valence-electron chi connectivity index (χ0n) is 11.0. The first-order valence-electron chi connectivity index (χ1n) is 6.71. The minimum Gasteiger partial charge on any atom is -0.341 e. The van der Waals surface area contributed by atoms with Crippen LogP contribution in [0.4, 0.5) is 0 Å². The normalized spacial score (nSPS) is 20.1. The van der Waals surface area contributed by atoms with Gasteiger partial charge in [0, 0.05) is 32.0 Å². The Hall–Kier alpha value is -1.36. The summed E-state index contributed by atoms with van der Waals surface area (Å²) in [6.45, 7) is 6.07. The number of piperidine rings is 1. The van der Waals surface area contributed by atoms with E-state index < -0.39 is 0 Å². The first kappa shape index (κ1) is 13.1. The molecule has 0 bridgehead atoms. The number of rotatable bonds is 5. The third-order valence-electron chi connectivity index (χ3n) is 3.36. The highest BCUT2D eigenvalue weighted by atomic mass is 16.2. The van der Waals surface area contributed by atoms with Gasteiger partial charge in [-0.1, -0.05) is 6.92 Å². The average molecular weight is 250 g/mol. The summed E-state index contributed by atoms with van der Waals surface area (Å²) in [5.41, 5.74) is 0. The van der Waals surface area contributed by atoms with Crippen molar-refractivity contribution in [1.29, 1.82) is 0 Å². The van der Waals surface area contributed by atoms with E-state index in [2.05, 4.69) is 17.3 Å². The molecule has 1 aliphatic rings. The van der Waals surface area contributed by atoms with Gasteiger partial charge in [-0.2, -0.15) is 5.10 Å². The Balaban J connectivity index is 1.62. The van der Waals surface area contributed by atoms with E-state index in [-0.39, 0.29) is 5.91 Å². The molecule has 5 nitrogen and oxygen atoms in total. The third kappa shape index (κ3) is 3.84. The van der Waals surface area contributed by atoms with Crippen LogP contribution in [0, 0.1) is 5.92 Å². The van der Waals surface area contributed by atoms with E-state index in [9.17, 15) is 4.79 Å². The number of nitrogens with one attached hydrogen (secondary N) is 1. The summed E-state index contributed by atoms with van der Waals surface area (Å²) < 4.78 is 1.86. The maximum Gasteiger partial charge on any atom is 0.236 e. The quantitative estimate of drug-likeness (QED) is 0.784. The molecule has 1 N–H and O–H groups in total. The Morgan fingerprint density at radius 2 is 2.44 bits per heavy atom. The van der Waals surface area contributed by atoms with E-state index in [1.807, 2.05) is 21.8 Å². The van der Waals surface area contributed by atoms with Gasteiger partial charge in [-0.15, -0.1) is 0 Å². The van der Waals surface area contributed by atoms with Crippen molar-refractivity contribution < 1.29 is 4.79 Å². The van der Waals surface area contributed by atoms with E-state index in [4.69, 9.17) is 0 Å².